The summed E-state index contributed by atoms with van der Waals surface area (Å²) >= 11 is 0. The summed E-state index contributed by atoms with van der Waals surface area (Å²) in [7, 11) is 0. The minimum absolute atomic E-state index is 0.0530. The molecule has 2 amide bonds. The Hall–Kier alpha value is -2.56. The molecule has 0 unspecified atom stereocenters. The van der Waals surface area contributed by atoms with Gasteiger partial charge in [0.25, 0.3) is 0 Å². The van der Waals surface area contributed by atoms with Crippen LogP contribution in [0.25, 0.3) is 6.08 Å². The number of aromatic nitrogens is 1. The lowest BCUT2D eigenvalue weighted by Crippen LogP contribution is -2.41. The van der Waals surface area contributed by atoms with Crippen LogP contribution in [0.3, 0.4) is 0 Å². The van der Waals surface area contributed by atoms with Crippen LogP contribution in [0.15, 0.2) is 47.0 Å². The van der Waals surface area contributed by atoms with Crippen molar-refractivity contribution in [2.45, 2.75) is 45.2 Å². The molecular weight excluding hydrogens is 314 g/mol. The lowest BCUT2D eigenvalue weighted by molar-refractivity contribution is 0.199. The Labute approximate surface area is 148 Å². The largest absolute Gasteiger partial charge is 0.359 e. The summed E-state index contributed by atoms with van der Waals surface area (Å²) in [6, 6.07) is 12.3. The average Bonchev–Trinajstić information content (AvgIpc) is 3.33. The summed E-state index contributed by atoms with van der Waals surface area (Å²) in [4.78, 5) is 14.4. The summed E-state index contributed by atoms with van der Waals surface area (Å²) in [6.07, 6.45) is 6.24. The fourth-order valence-electron chi connectivity index (χ4n) is 2.60. The molecule has 1 saturated carbocycles. The standard InChI is InChI=1S/C20H25N3O2/c1-15(2)19-13-18(25-22-19)14-21-20(24)23(17-10-11-17)12-6-9-16-7-4-3-5-8-16/h3-9,13,15,17H,10-12,14H2,1-2H3,(H,21,24). The van der Waals surface area contributed by atoms with Crippen molar-refractivity contribution in [2.24, 2.45) is 0 Å². The first-order chi connectivity index (χ1) is 12.1. The monoisotopic (exact) mass is 339 g/mol. The van der Waals surface area contributed by atoms with E-state index in [9.17, 15) is 4.79 Å². The van der Waals surface area contributed by atoms with E-state index >= 15 is 0 Å². The molecule has 1 heterocycles. The molecule has 0 aliphatic heterocycles. The van der Waals surface area contributed by atoms with Crippen molar-refractivity contribution in [3.8, 4) is 0 Å². The van der Waals surface area contributed by atoms with Gasteiger partial charge in [-0.1, -0.05) is 61.5 Å². The Kier molecular flexibility index (Phi) is 5.53. The zero-order valence-corrected chi connectivity index (χ0v) is 14.8. The van der Waals surface area contributed by atoms with Gasteiger partial charge in [-0.3, -0.25) is 0 Å². The molecule has 1 fully saturated rings. The average molecular weight is 339 g/mol. The number of rotatable bonds is 7. The van der Waals surface area contributed by atoms with E-state index in [-0.39, 0.29) is 6.03 Å². The maximum atomic E-state index is 12.5. The normalized spacial score (nSPS) is 14.2. The molecule has 1 aromatic carbocycles. The molecule has 1 N–H and O–H groups in total. The molecule has 5 heteroatoms. The van der Waals surface area contributed by atoms with Gasteiger partial charge in [-0.25, -0.2) is 4.79 Å². The van der Waals surface area contributed by atoms with Gasteiger partial charge in [-0.15, -0.1) is 0 Å². The van der Waals surface area contributed by atoms with E-state index in [4.69, 9.17) is 4.52 Å². The molecule has 0 saturated heterocycles. The first kappa shape index (κ1) is 17.3. The van der Waals surface area contributed by atoms with Crippen molar-refractivity contribution in [3.63, 3.8) is 0 Å². The van der Waals surface area contributed by atoms with E-state index in [1.807, 2.05) is 53.5 Å². The highest BCUT2D eigenvalue weighted by Crippen LogP contribution is 2.27. The molecule has 0 atom stereocenters. The number of hydrogen-bond acceptors (Lipinski definition) is 3. The number of nitrogens with one attached hydrogen (secondary N) is 1. The molecule has 132 valence electrons. The number of benzene rings is 1. The van der Waals surface area contributed by atoms with Crippen LogP contribution in [-0.4, -0.2) is 28.7 Å². The second-order valence-corrected chi connectivity index (χ2v) is 6.73. The fraction of sp³-hybridized carbons (Fsp3) is 0.400. The van der Waals surface area contributed by atoms with Crippen LogP contribution in [0, 0.1) is 0 Å². The van der Waals surface area contributed by atoms with E-state index in [1.165, 1.54) is 0 Å². The number of amides is 2. The lowest BCUT2D eigenvalue weighted by atomic mass is 10.1. The molecule has 5 nitrogen and oxygen atoms in total. The van der Waals surface area contributed by atoms with Crippen LogP contribution in [0.2, 0.25) is 0 Å². The SMILES string of the molecule is CC(C)c1cc(CNC(=O)N(CC=Cc2ccccc2)C2CC2)on1. The molecule has 1 aromatic heterocycles. The lowest BCUT2D eigenvalue weighted by Gasteiger charge is -2.20. The summed E-state index contributed by atoms with van der Waals surface area (Å²) in [5.41, 5.74) is 2.05. The number of carbonyl (C=O) groups excluding carboxylic acids is 1. The van der Waals surface area contributed by atoms with Crippen molar-refractivity contribution < 1.29 is 9.32 Å². The maximum absolute atomic E-state index is 12.5. The molecule has 1 aliphatic rings. The van der Waals surface area contributed by atoms with Gasteiger partial charge in [0.1, 0.15) is 0 Å². The van der Waals surface area contributed by atoms with E-state index < -0.39 is 0 Å². The van der Waals surface area contributed by atoms with E-state index in [2.05, 4.69) is 24.3 Å². The van der Waals surface area contributed by atoms with Gasteiger partial charge in [0.05, 0.1) is 12.2 Å². The second-order valence-electron chi connectivity index (χ2n) is 6.73. The van der Waals surface area contributed by atoms with Crippen molar-refractivity contribution in [2.75, 3.05) is 6.54 Å². The highest BCUT2D eigenvalue weighted by atomic mass is 16.5. The third-order valence-corrected chi connectivity index (χ3v) is 4.24. The molecule has 0 radical (unpaired) electrons. The quantitative estimate of drug-likeness (QED) is 0.823. The molecule has 1 aliphatic carbocycles. The van der Waals surface area contributed by atoms with Gasteiger partial charge in [0, 0.05) is 18.7 Å². The van der Waals surface area contributed by atoms with Crippen LogP contribution >= 0.6 is 0 Å². The summed E-state index contributed by atoms with van der Waals surface area (Å²) in [6.45, 7) is 5.10. The molecule has 2 aromatic rings. The predicted octanol–water partition coefficient (Wildman–Crippen LogP) is 4.19. The van der Waals surface area contributed by atoms with Crippen molar-refractivity contribution in [3.05, 3.63) is 59.5 Å². The molecule has 3 rings (SSSR count). The fourth-order valence-corrected chi connectivity index (χ4v) is 2.60. The van der Waals surface area contributed by atoms with Crippen LogP contribution in [0.4, 0.5) is 4.79 Å². The number of nitrogens with zero attached hydrogens (tertiary/aromatic N) is 2. The Morgan fingerprint density at radius 3 is 2.76 bits per heavy atom. The first-order valence-electron chi connectivity index (χ1n) is 8.85. The minimum atomic E-state index is -0.0530. The summed E-state index contributed by atoms with van der Waals surface area (Å²) < 4.78 is 5.27. The zero-order valence-electron chi connectivity index (χ0n) is 14.8. The Morgan fingerprint density at radius 2 is 2.12 bits per heavy atom. The topological polar surface area (TPSA) is 58.4 Å². The van der Waals surface area contributed by atoms with Crippen LogP contribution in [0.1, 0.15) is 49.6 Å². The van der Waals surface area contributed by atoms with E-state index in [0.29, 0.717) is 30.8 Å². The van der Waals surface area contributed by atoms with Crippen LogP contribution in [0.5, 0.6) is 0 Å². The molecule has 0 spiro atoms. The van der Waals surface area contributed by atoms with Gasteiger partial charge >= 0.3 is 6.03 Å². The molecule has 25 heavy (non-hydrogen) atoms. The van der Waals surface area contributed by atoms with Gasteiger partial charge in [-0.2, -0.15) is 0 Å². The van der Waals surface area contributed by atoms with Gasteiger partial charge in [0.15, 0.2) is 5.76 Å². The number of carbonyl (C=O) groups is 1. The van der Waals surface area contributed by atoms with E-state index in [1.54, 1.807) is 0 Å². The van der Waals surface area contributed by atoms with Crippen molar-refractivity contribution in [1.82, 2.24) is 15.4 Å². The highest BCUT2D eigenvalue weighted by molar-refractivity contribution is 5.75. The van der Waals surface area contributed by atoms with Crippen molar-refractivity contribution in [1.29, 1.82) is 0 Å². The van der Waals surface area contributed by atoms with Crippen LogP contribution in [-0.2, 0) is 6.54 Å². The number of hydrogen-bond donors (Lipinski definition) is 1. The van der Waals surface area contributed by atoms with Gasteiger partial charge < -0.3 is 14.7 Å². The highest BCUT2D eigenvalue weighted by Gasteiger charge is 2.31. The summed E-state index contributed by atoms with van der Waals surface area (Å²) in [5.74, 6) is 1.01. The van der Waals surface area contributed by atoms with Crippen molar-refractivity contribution >= 4 is 12.1 Å². The van der Waals surface area contributed by atoms with Crippen LogP contribution < -0.4 is 5.32 Å². The third kappa shape index (κ3) is 4.95. The second kappa shape index (κ2) is 8.01. The predicted molar refractivity (Wildman–Crippen MR) is 98.0 cm³/mol. The Balaban J connectivity index is 1.53. The smallest absolute Gasteiger partial charge is 0.318 e. The van der Waals surface area contributed by atoms with Gasteiger partial charge in [0.2, 0.25) is 0 Å². The molecular formula is C20H25N3O2. The maximum Gasteiger partial charge on any atom is 0.318 e. The number of urea groups is 1. The minimum Gasteiger partial charge on any atom is -0.359 e. The zero-order chi connectivity index (χ0) is 17.6. The first-order valence-corrected chi connectivity index (χ1v) is 8.85. The molecule has 0 bridgehead atoms. The third-order valence-electron chi connectivity index (χ3n) is 4.24. The van der Waals surface area contributed by atoms with E-state index in [0.717, 1.165) is 24.1 Å². The Bertz CT molecular complexity index is 718. The van der Waals surface area contributed by atoms with Gasteiger partial charge in [-0.05, 0) is 24.3 Å². The Morgan fingerprint density at radius 1 is 1.36 bits per heavy atom. The summed E-state index contributed by atoms with van der Waals surface area (Å²) in [5, 5.41) is 6.96.